The van der Waals surface area contributed by atoms with Crippen LogP contribution in [-0.2, 0) is 0 Å². The number of nitrogens with zero attached hydrogens (tertiary/aromatic N) is 2. The van der Waals surface area contributed by atoms with Crippen molar-refractivity contribution in [3.63, 3.8) is 0 Å². The lowest BCUT2D eigenvalue weighted by Gasteiger charge is -2.15. The van der Waals surface area contributed by atoms with Crippen LogP contribution < -0.4 is 15.6 Å². The molecule has 0 amide bonds. The van der Waals surface area contributed by atoms with Gasteiger partial charge in [0.25, 0.3) is 5.56 Å². The second-order valence-corrected chi connectivity index (χ2v) is 7.91. The molecule has 0 aliphatic heterocycles. The van der Waals surface area contributed by atoms with Gasteiger partial charge in [0.1, 0.15) is 16.7 Å². The fourth-order valence-electron chi connectivity index (χ4n) is 2.71. The molecule has 1 aromatic carbocycles. The van der Waals surface area contributed by atoms with Crippen LogP contribution in [0.1, 0.15) is 42.9 Å². The van der Waals surface area contributed by atoms with Crippen molar-refractivity contribution < 1.29 is 4.74 Å². The third-order valence-electron chi connectivity index (χ3n) is 3.99. The van der Waals surface area contributed by atoms with E-state index in [0.29, 0.717) is 37.6 Å². The van der Waals surface area contributed by atoms with Crippen LogP contribution in [0.2, 0.25) is 5.02 Å². The van der Waals surface area contributed by atoms with Gasteiger partial charge in [0.15, 0.2) is 5.13 Å². The molecule has 0 unspecified atom stereocenters. The van der Waals surface area contributed by atoms with Crippen molar-refractivity contribution in [1.29, 1.82) is 5.26 Å². The summed E-state index contributed by atoms with van der Waals surface area (Å²) < 4.78 is 5.67. The molecule has 0 spiro atoms. The van der Waals surface area contributed by atoms with Crippen LogP contribution in [0, 0.1) is 18.3 Å². The van der Waals surface area contributed by atoms with E-state index in [-0.39, 0.29) is 17.7 Å². The maximum atomic E-state index is 12.6. The predicted molar refractivity (Wildman–Crippen MR) is 109 cm³/mol. The largest absolute Gasteiger partial charge is 0.489 e. The Balaban J connectivity index is 1.95. The first-order valence-electron chi connectivity index (χ1n) is 8.45. The molecule has 2 heterocycles. The third-order valence-corrected chi connectivity index (χ3v) is 5.28. The zero-order valence-corrected chi connectivity index (χ0v) is 17.0. The van der Waals surface area contributed by atoms with Crippen molar-refractivity contribution in [2.24, 2.45) is 0 Å². The number of aryl methyl sites for hydroxylation is 1. The Morgan fingerprint density at radius 3 is 2.70 bits per heavy atom. The van der Waals surface area contributed by atoms with Crippen LogP contribution in [0.5, 0.6) is 5.75 Å². The summed E-state index contributed by atoms with van der Waals surface area (Å²) in [6, 6.07) is 7.15. The number of thiazole rings is 1. The Morgan fingerprint density at radius 2 is 2.07 bits per heavy atom. The van der Waals surface area contributed by atoms with E-state index in [2.05, 4.69) is 21.4 Å². The highest BCUT2D eigenvalue weighted by Gasteiger charge is 2.16. The van der Waals surface area contributed by atoms with Gasteiger partial charge in [-0.25, -0.2) is 4.98 Å². The molecule has 0 saturated carbocycles. The summed E-state index contributed by atoms with van der Waals surface area (Å²) in [6.07, 6.45) is -0.0183. The lowest BCUT2D eigenvalue weighted by molar-refractivity contribution is 0.243. The van der Waals surface area contributed by atoms with E-state index >= 15 is 0 Å². The zero-order chi connectivity index (χ0) is 19.7. The summed E-state index contributed by atoms with van der Waals surface area (Å²) in [5.41, 5.74) is 1.69. The first-order valence-corrected chi connectivity index (χ1v) is 9.65. The summed E-state index contributed by atoms with van der Waals surface area (Å²) in [6.45, 7) is 7.49. The molecule has 6 nitrogen and oxygen atoms in total. The van der Waals surface area contributed by atoms with E-state index in [4.69, 9.17) is 21.6 Å². The number of aromatic amines is 1. The maximum absolute atomic E-state index is 12.6. The third kappa shape index (κ3) is 4.07. The number of fused-ring (bicyclic) bond motifs is 1. The molecule has 3 rings (SSSR count). The Bertz CT molecular complexity index is 1100. The van der Waals surface area contributed by atoms with Gasteiger partial charge in [-0.1, -0.05) is 22.9 Å². The molecule has 0 saturated heterocycles. The van der Waals surface area contributed by atoms with Crippen molar-refractivity contribution in [3.05, 3.63) is 49.7 Å². The van der Waals surface area contributed by atoms with Gasteiger partial charge in [0.2, 0.25) is 0 Å². The maximum Gasteiger partial charge on any atom is 0.253 e. The molecular weight excluding hydrogens is 384 g/mol. The van der Waals surface area contributed by atoms with Gasteiger partial charge in [-0.3, -0.25) is 4.79 Å². The summed E-state index contributed by atoms with van der Waals surface area (Å²) in [5, 5.41) is 14.2. The van der Waals surface area contributed by atoms with E-state index in [0.717, 1.165) is 5.39 Å². The minimum absolute atomic E-state index is 0.0183. The van der Waals surface area contributed by atoms with Crippen molar-refractivity contribution >= 4 is 39.0 Å². The number of benzene rings is 1. The lowest BCUT2D eigenvalue weighted by Crippen LogP contribution is -2.19. The topological polar surface area (TPSA) is 90.8 Å². The van der Waals surface area contributed by atoms with Gasteiger partial charge in [0.05, 0.1) is 28.4 Å². The molecule has 3 aromatic rings. The van der Waals surface area contributed by atoms with E-state index in [1.54, 1.807) is 19.1 Å². The van der Waals surface area contributed by atoms with E-state index < -0.39 is 0 Å². The van der Waals surface area contributed by atoms with Crippen molar-refractivity contribution in [2.45, 2.75) is 39.8 Å². The van der Waals surface area contributed by atoms with Crippen LogP contribution in [0.3, 0.4) is 0 Å². The summed E-state index contributed by atoms with van der Waals surface area (Å²) in [4.78, 5) is 20.3. The van der Waals surface area contributed by atoms with E-state index in [9.17, 15) is 4.79 Å². The number of aromatic nitrogens is 2. The molecular formula is C19H19ClN4O2S. The second-order valence-electron chi connectivity index (χ2n) is 6.50. The number of hydrogen-bond donors (Lipinski definition) is 2. The molecule has 140 valence electrons. The number of halogens is 1. The van der Waals surface area contributed by atoms with Crippen molar-refractivity contribution in [3.8, 4) is 11.8 Å². The number of hydrogen-bond acceptors (Lipinski definition) is 6. The Kier molecular flexibility index (Phi) is 5.40. The molecule has 2 aromatic heterocycles. The van der Waals surface area contributed by atoms with E-state index in [1.165, 1.54) is 11.3 Å². The first-order chi connectivity index (χ1) is 12.8. The number of nitrogens with one attached hydrogen (secondary N) is 2. The predicted octanol–water partition coefficient (Wildman–Crippen LogP) is 4.78. The zero-order valence-electron chi connectivity index (χ0n) is 15.4. The highest BCUT2D eigenvalue weighted by Crippen LogP contribution is 2.31. The van der Waals surface area contributed by atoms with Gasteiger partial charge in [-0.2, -0.15) is 5.26 Å². The van der Waals surface area contributed by atoms with Gasteiger partial charge in [-0.05, 0) is 39.8 Å². The van der Waals surface area contributed by atoms with Crippen LogP contribution >= 0.6 is 22.9 Å². The average Bonchev–Trinajstić information content (AvgIpc) is 2.94. The number of ether oxygens (including phenoxy) is 1. The molecule has 0 fully saturated rings. The fourth-order valence-corrected chi connectivity index (χ4v) is 3.78. The second kappa shape index (κ2) is 7.59. The summed E-state index contributed by atoms with van der Waals surface area (Å²) >= 11 is 7.58. The standard InChI is InChI=1S/C19H19ClN4O2S/c1-9(2)26-16-7-15-12(6-14(16)20)5-13(18(25)24-15)10(3)22-19-23-11(4)17(8-21)27-19/h5-7,9-10H,1-4H3,(H,22,23)(H,24,25)/t10-/m0/s1. The van der Waals surface area contributed by atoms with E-state index in [1.807, 2.05) is 26.8 Å². The fraction of sp³-hybridized carbons (Fsp3) is 0.316. The Morgan fingerprint density at radius 1 is 1.33 bits per heavy atom. The molecule has 0 bridgehead atoms. The number of H-pyrrole nitrogens is 1. The molecule has 0 aliphatic rings. The van der Waals surface area contributed by atoms with Crippen molar-refractivity contribution in [2.75, 3.05) is 5.32 Å². The number of anilines is 1. The number of rotatable bonds is 5. The Hall–Kier alpha value is -2.56. The van der Waals surface area contributed by atoms with Crippen LogP contribution in [-0.4, -0.2) is 16.1 Å². The van der Waals surface area contributed by atoms with Crippen LogP contribution in [0.25, 0.3) is 10.9 Å². The number of nitriles is 1. The lowest BCUT2D eigenvalue weighted by atomic mass is 10.1. The van der Waals surface area contributed by atoms with Crippen molar-refractivity contribution in [1.82, 2.24) is 9.97 Å². The van der Waals surface area contributed by atoms with Gasteiger partial charge in [0, 0.05) is 17.0 Å². The quantitative estimate of drug-likeness (QED) is 0.640. The molecule has 1 atom stereocenters. The smallest absolute Gasteiger partial charge is 0.253 e. The SMILES string of the molecule is Cc1nc(N[C@@H](C)c2cc3cc(Cl)c(OC(C)C)cc3[nH]c2=O)sc1C#N. The van der Waals surface area contributed by atoms with Gasteiger partial charge >= 0.3 is 0 Å². The monoisotopic (exact) mass is 402 g/mol. The molecule has 2 N–H and O–H groups in total. The average molecular weight is 403 g/mol. The van der Waals surface area contributed by atoms with Crippen LogP contribution in [0.15, 0.2) is 23.0 Å². The minimum Gasteiger partial charge on any atom is -0.489 e. The molecule has 0 aliphatic carbocycles. The number of pyridine rings is 1. The Labute approximate surface area is 165 Å². The normalized spacial score (nSPS) is 12.2. The highest BCUT2D eigenvalue weighted by molar-refractivity contribution is 7.16. The molecule has 27 heavy (non-hydrogen) atoms. The first kappa shape index (κ1) is 19.2. The van der Waals surface area contributed by atoms with Gasteiger partial charge in [-0.15, -0.1) is 0 Å². The highest BCUT2D eigenvalue weighted by atomic mass is 35.5. The summed E-state index contributed by atoms with van der Waals surface area (Å²) in [7, 11) is 0. The minimum atomic E-state index is -0.291. The van der Waals surface area contributed by atoms with Crippen LogP contribution in [0.4, 0.5) is 5.13 Å². The van der Waals surface area contributed by atoms with Gasteiger partial charge < -0.3 is 15.0 Å². The molecule has 8 heteroatoms. The summed E-state index contributed by atoms with van der Waals surface area (Å²) in [5.74, 6) is 0.538. The molecule has 0 radical (unpaired) electrons.